The number of furan rings is 1. The number of carbonyl (C=O) groups is 1. The van der Waals surface area contributed by atoms with Crippen molar-refractivity contribution in [3.8, 4) is 5.75 Å². The molecular formula is C13H12F3NO4. The number of nitrogens with zero attached hydrogens (tertiary/aromatic N) is 1. The maximum absolute atomic E-state index is 12.5. The Hall–Kier alpha value is -2.25. The van der Waals surface area contributed by atoms with E-state index in [1.165, 1.54) is 0 Å². The third-order valence-corrected chi connectivity index (χ3v) is 2.40. The van der Waals surface area contributed by atoms with Gasteiger partial charge in [0.25, 0.3) is 5.76 Å². The first-order chi connectivity index (χ1) is 9.49. The summed E-state index contributed by atoms with van der Waals surface area (Å²) >= 11 is 0. The van der Waals surface area contributed by atoms with Crippen LogP contribution in [0.3, 0.4) is 0 Å². The van der Waals surface area contributed by atoms with Gasteiger partial charge in [0, 0.05) is 0 Å². The predicted molar refractivity (Wildman–Crippen MR) is 65.8 cm³/mol. The van der Waals surface area contributed by atoms with Crippen LogP contribution in [0.25, 0.3) is 11.1 Å². The molecule has 2 aromatic rings. The molecule has 0 radical (unpaired) electrons. The van der Waals surface area contributed by atoms with Crippen molar-refractivity contribution >= 4 is 17.1 Å². The first kappa shape index (κ1) is 15.1. The number of rotatable bonds is 1. The molecule has 0 spiro atoms. The summed E-state index contributed by atoms with van der Waals surface area (Å²) in [5, 5.41) is 9.74. The van der Waals surface area contributed by atoms with Crippen LogP contribution in [0.1, 0.15) is 37.0 Å². The van der Waals surface area contributed by atoms with Crippen molar-refractivity contribution in [2.75, 3.05) is 0 Å². The lowest BCUT2D eigenvalue weighted by Crippen LogP contribution is -2.23. The molecule has 21 heavy (non-hydrogen) atoms. The molecule has 0 saturated carbocycles. The molecule has 0 amide bonds. The Balaban J connectivity index is 2.48. The van der Waals surface area contributed by atoms with Gasteiger partial charge in [-0.3, -0.25) is 0 Å². The summed E-state index contributed by atoms with van der Waals surface area (Å²) in [6, 6.07) is 1.67. The second-order valence-corrected chi connectivity index (χ2v) is 5.33. The number of hydrogen-bond donors (Lipinski definition) is 1. The van der Waals surface area contributed by atoms with E-state index in [-0.39, 0.29) is 5.39 Å². The van der Waals surface area contributed by atoms with Crippen molar-refractivity contribution in [1.29, 1.82) is 0 Å². The average Bonchev–Trinajstić information content (AvgIpc) is 2.63. The van der Waals surface area contributed by atoms with Crippen molar-refractivity contribution in [3.63, 3.8) is 0 Å². The first-order valence-electron chi connectivity index (χ1n) is 5.92. The normalized spacial score (nSPS) is 12.7. The molecule has 2 rings (SSSR count). The fourth-order valence-electron chi connectivity index (χ4n) is 1.59. The van der Waals surface area contributed by atoms with Crippen LogP contribution in [0.5, 0.6) is 5.75 Å². The third kappa shape index (κ3) is 3.09. The largest absolute Gasteiger partial charge is 0.503 e. The van der Waals surface area contributed by atoms with Gasteiger partial charge in [0.15, 0.2) is 5.75 Å². The van der Waals surface area contributed by atoms with E-state index in [2.05, 4.69) is 4.98 Å². The van der Waals surface area contributed by atoms with Crippen LogP contribution in [0.2, 0.25) is 0 Å². The lowest BCUT2D eigenvalue weighted by atomic mass is 10.2. The Labute approximate surface area is 117 Å². The van der Waals surface area contributed by atoms with Crippen molar-refractivity contribution in [2.45, 2.75) is 32.5 Å². The van der Waals surface area contributed by atoms with Gasteiger partial charge < -0.3 is 14.3 Å². The maximum Gasteiger partial charge on any atom is 0.433 e. The van der Waals surface area contributed by atoms with E-state index < -0.39 is 40.7 Å². The van der Waals surface area contributed by atoms with Gasteiger partial charge in [-0.1, -0.05) is 0 Å². The zero-order valence-corrected chi connectivity index (χ0v) is 11.4. The van der Waals surface area contributed by atoms with E-state index in [1.54, 1.807) is 20.8 Å². The number of aromatic hydroxyl groups is 1. The number of esters is 1. The number of halogens is 3. The first-order valence-corrected chi connectivity index (χ1v) is 5.92. The summed E-state index contributed by atoms with van der Waals surface area (Å²) in [6.45, 7) is 4.81. The maximum atomic E-state index is 12.5. The number of carbonyl (C=O) groups excluding carboxylic acids is 1. The van der Waals surface area contributed by atoms with Crippen molar-refractivity contribution in [2.24, 2.45) is 0 Å². The van der Waals surface area contributed by atoms with Gasteiger partial charge in [-0.15, -0.1) is 0 Å². The van der Waals surface area contributed by atoms with Crippen LogP contribution in [0.4, 0.5) is 13.2 Å². The highest BCUT2D eigenvalue weighted by molar-refractivity contribution is 5.97. The number of alkyl halides is 3. The third-order valence-electron chi connectivity index (χ3n) is 2.40. The topological polar surface area (TPSA) is 72.6 Å². The summed E-state index contributed by atoms with van der Waals surface area (Å²) < 4.78 is 47.5. The number of aromatic nitrogens is 1. The fourth-order valence-corrected chi connectivity index (χ4v) is 1.59. The zero-order chi connectivity index (χ0) is 16.0. The molecule has 8 heteroatoms. The molecule has 0 saturated heterocycles. The Morgan fingerprint density at radius 1 is 1.29 bits per heavy atom. The summed E-state index contributed by atoms with van der Waals surface area (Å²) in [5.41, 5.74) is -2.50. The molecule has 0 aliphatic rings. The standard InChI is InChI=1S/C13H12F3NO4/c1-12(2,3)21-11(19)9-8(18)6-4-5-7(13(14,15)16)17-10(6)20-9/h4-5,18H,1-3H3. The second-order valence-electron chi connectivity index (χ2n) is 5.33. The summed E-state index contributed by atoms with van der Waals surface area (Å²) in [7, 11) is 0. The molecule has 0 unspecified atom stereocenters. The molecule has 114 valence electrons. The van der Waals surface area contributed by atoms with E-state index in [4.69, 9.17) is 9.15 Å². The van der Waals surface area contributed by atoms with E-state index in [9.17, 15) is 23.1 Å². The Morgan fingerprint density at radius 3 is 2.43 bits per heavy atom. The highest BCUT2D eigenvalue weighted by atomic mass is 19.4. The Bertz CT molecular complexity index is 698. The van der Waals surface area contributed by atoms with Crippen LogP contribution in [-0.2, 0) is 10.9 Å². The highest BCUT2D eigenvalue weighted by Crippen LogP contribution is 2.35. The predicted octanol–water partition coefficient (Wildman–Crippen LogP) is 3.51. The molecule has 0 aromatic carbocycles. The van der Waals surface area contributed by atoms with Gasteiger partial charge in [-0.05, 0) is 32.9 Å². The smallest absolute Gasteiger partial charge is 0.433 e. The van der Waals surface area contributed by atoms with Gasteiger partial charge >= 0.3 is 12.1 Å². The lowest BCUT2D eigenvalue weighted by molar-refractivity contribution is -0.141. The zero-order valence-electron chi connectivity index (χ0n) is 11.4. The van der Waals surface area contributed by atoms with E-state index in [0.717, 1.165) is 6.07 Å². The molecule has 2 aromatic heterocycles. The minimum absolute atomic E-state index is 0.0936. The van der Waals surface area contributed by atoms with E-state index in [1.807, 2.05) is 0 Å². The fraction of sp³-hybridized carbons (Fsp3) is 0.385. The van der Waals surface area contributed by atoms with Crippen LogP contribution >= 0.6 is 0 Å². The van der Waals surface area contributed by atoms with Gasteiger partial charge in [0.2, 0.25) is 5.71 Å². The number of ether oxygens (including phenoxy) is 1. The number of fused-ring (bicyclic) bond motifs is 1. The Kier molecular flexibility index (Phi) is 3.35. The molecule has 2 heterocycles. The molecule has 5 nitrogen and oxygen atoms in total. The van der Waals surface area contributed by atoms with E-state index in [0.29, 0.717) is 6.07 Å². The average molecular weight is 303 g/mol. The molecule has 0 bridgehead atoms. The van der Waals surface area contributed by atoms with Gasteiger partial charge in [0.1, 0.15) is 11.3 Å². The van der Waals surface area contributed by atoms with Crippen molar-refractivity contribution in [1.82, 2.24) is 4.98 Å². The van der Waals surface area contributed by atoms with Crippen molar-refractivity contribution in [3.05, 3.63) is 23.6 Å². The lowest BCUT2D eigenvalue weighted by Gasteiger charge is -2.18. The van der Waals surface area contributed by atoms with Gasteiger partial charge in [-0.25, -0.2) is 9.78 Å². The van der Waals surface area contributed by atoms with Crippen LogP contribution in [0, 0.1) is 0 Å². The Morgan fingerprint density at radius 2 is 1.90 bits per heavy atom. The molecule has 0 fully saturated rings. The molecule has 0 aliphatic heterocycles. The van der Waals surface area contributed by atoms with Crippen molar-refractivity contribution < 1.29 is 32.2 Å². The van der Waals surface area contributed by atoms with E-state index >= 15 is 0 Å². The highest BCUT2D eigenvalue weighted by Gasteiger charge is 2.34. The minimum atomic E-state index is -4.65. The summed E-state index contributed by atoms with van der Waals surface area (Å²) in [4.78, 5) is 15.1. The quantitative estimate of drug-likeness (QED) is 0.816. The number of hydrogen-bond acceptors (Lipinski definition) is 5. The SMILES string of the molecule is CC(C)(C)OC(=O)c1oc2nc(C(F)(F)F)ccc2c1O. The van der Waals surface area contributed by atoms with Gasteiger partial charge in [-0.2, -0.15) is 13.2 Å². The van der Waals surface area contributed by atoms with Crippen LogP contribution in [-0.4, -0.2) is 21.7 Å². The molecule has 0 aliphatic carbocycles. The molecular weight excluding hydrogens is 291 g/mol. The second kappa shape index (κ2) is 4.64. The summed E-state index contributed by atoms with van der Waals surface area (Å²) in [5.74, 6) is -2.15. The molecule has 1 N–H and O–H groups in total. The summed E-state index contributed by atoms with van der Waals surface area (Å²) in [6.07, 6.45) is -4.65. The number of pyridine rings is 1. The van der Waals surface area contributed by atoms with Crippen LogP contribution in [0.15, 0.2) is 16.5 Å². The molecule has 0 atom stereocenters. The minimum Gasteiger partial charge on any atom is -0.503 e. The van der Waals surface area contributed by atoms with Gasteiger partial charge in [0.05, 0.1) is 5.39 Å². The van der Waals surface area contributed by atoms with Crippen LogP contribution < -0.4 is 0 Å². The monoisotopic (exact) mass is 303 g/mol.